The van der Waals surface area contributed by atoms with Crippen LogP contribution in [-0.4, -0.2) is 65.3 Å². The molecule has 1 aromatic heterocycles. The standard InChI is InChI=1S/C12H21ClN6O/c1-3-14-11-16-10(13)17-12(18-11)15-9(2)8-19-4-6-20-7-5-19/h9H,3-8H2,1-2H3,(H2,14,15,16,17,18). The predicted molar refractivity (Wildman–Crippen MR) is 79.3 cm³/mol. The first kappa shape index (κ1) is 15.2. The summed E-state index contributed by atoms with van der Waals surface area (Å²) >= 11 is 5.89. The monoisotopic (exact) mass is 300 g/mol. The Hall–Kier alpha value is -1.18. The van der Waals surface area contributed by atoms with Gasteiger partial charge in [0.2, 0.25) is 17.2 Å². The summed E-state index contributed by atoms with van der Waals surface area (Å²) in [6, 6.07) is 0.223. The first-order chi connectivity index (χ1) is 9.67. The van der Waals surface area contributed by atoms with E-state index >= 15 is 0 Å². The topological polar surface area (TPSA) is 75.2 Å². The van der Waals surface area contributed by atoms with Gasteiger partial charge < -0.3 is 15.4 Å². The molecule has 7 nitrogen and oxygen atoms in total. The summed E-state index contributed by atoms with van der Waals surface area (Å²) in [5.74, 6) is 0.996. The fourth-order valence-corrected chi connectivity index (χ4v) is 2.25. The van der Waals surface area contributed by atoms with Crippen LogP contribution < -0.4 is 10.6 Å². The van der Waals surface area contributed by atoms with Gasteiger partial charge in [0.25, 0.3) is 0 Å². The molecule has 0 amide bonds. The van der Waals surface area contributed by atoms with Gasteiger partial charge in [0, 0.05) is 32.2 Å². The largest absolute Gasteiger partial charge is 0.379 e. The summed E-state index contributed by atoms with van der Waals surface area (Å²) in [7, 11) is 0. The second-order valence-corrected chi connectivity index (χ2v) is 5.08. The number of rotatable bonds is 6. The van der Waals surface area contributed by atoms with Crippen LogP contribution in [0.5, 0.6) is 0 Å². The minimum atomic E-state index is 0.192. The molecule has 1 saturated heterocycles. The minimum absolute atomic E-state index is 0.192. The molecule has 2 rings (SSSR count). The maximum Gasteiger partial charge on any atom is 0.229 e. The van der Waals surface area contributed by atoms with Gasteiger partial charge in [-0.25, -0.2) is 0 Å². The first-order valence-electron chi connectivity index (χ1n) is 6.89. The zero-order chi connectivity index (χ0) is 14.4. The molecule has 8 heteroatoms. The number of nitrogens with one attached hydrogen (secondary N) is 2. The molecule has 1 unspecified atom stereocenters. The molecule has 2 heterocycles. The van der Waals surface area contributed by atoms with Gasteiger partial charge in [-0.2, -0.15) is 15.0 Å². The molecule has 1 fully saturated rings. The maximum atomic E-state index is 5.89. The van der Waals surface area contributed by atoms with Gasteiger partial charge in [-0.3, -0.25) is 4.90 Å². The average molecular weight is 301 g/mol. The fourth-order valence-electron chi connectivity index (χ4n) is 2.09. The first-order valence-corrected chi connectivity index (χ1v) is 7.27. The van der Waals surface area contributed by atoms with E-state index in [9.17, 15) is 0 Å². The molecule has 1 aliphatic rings. The second-order valence-electron chi connectivity index (χ2n) is 4.74. The van der Waals surface area contributed by atoms with Gasteiger partial charge in [0.1, 0.15) is 0 Å². The third kappa shape index (κ3) is 4.73. The molecule has 1 aliphatic heterocycles. The molecule has 112 valence electrons. The lowest BCUT2D eigenvalue weighted by Crippen LogP contribution is -2.42. The van der Waals surface area contributed by atoms with Gasteiger partial charge in [-0.05, 0) is 25.4 Å². The van der Waals surface area contributed by atoms with E-state index in [2.05, 4.69) is 37.4 Å². The van der Waals surface area contributed by atoms with Crippen LogP contribution >= 0.6 is 11.6 Å². The number of halogens is 1. The zero-order valence-corrected chi connectivity index (χ0v) is 12.7. The lowest BCUT2D eigenvalue weighted by Gasteiger charge is -2.29. The molecule has 1 atom stereocenters. The molecule has 0 aromatic carbocycles. The highest BCUT2D eigenvalue weighted by atomic mass is 35.5. The van der Waals surface area contributed by atoms with Gasteiger partial charge >= 0.3 is 0 Å². The van der Waals surface area contributed by atoms with Crippen molar-refractivity contribution < 1.29 is 4.74 Å². The van der Waals surface area contributed by atoms with Crippen LogP contribution in [0.2, 0.25) is 5.28 Å². The number of morpholine rings is 1. The van der Waals surface area contributed by atoms with Crippen LogP contribution in [0.3, 0.4) is 0 Å². The number of nitrogens with zero attached hydrogens (tertiary/aromatic N) is 4. The normalized spacial score (nSPS) is 17.8. The summed E-state index contributed by atoms with van der Waals surface area (Å²) in [6.45, 7) is 9.27. The second kappa shape index (κ2) is 7.56. The summed E-state index contributed by atoms with van der Waals surface area (Å²) in [6.07, 6.45) is 0. The SMILES string of the molecule is CCNc1nc(Cl)nc(NC(C)CN2CCOCC2)n1. The highest BCUT2D eigenvalue weighted by molar-refractivity contribution is 6.28. The Morgan fingerprint density at radius 2 is 1.95 bits per heavy atom. The molecule has 1 aromatic rings. The minimum Gasteiger partial charge on any atom is -0.379 e. The van der Waals surface area contributed by atoms with Crippen molar-refractivity contribution in [3.63, 3.8) is 0 Å². The molecule has 0 bridgehead atoms. The van der Waals surface area contributed by atoms with Crippen molar-refractivity contribution in [3.8, 4) is 0 Å². The molecule has 0 saturated carbocycles. The number of ether oxygens (including phenoxy) is 1. The van der Waals surface area contributed by atoms with Crippen LogP contribution in [0.15, 0.2) is 0 Å². The van der Waals surface area contributed by atoms with E-state index in [-0.39, 0.29) is 11.3 Å². The van der Waals surface area contributed by atoms with Crippen LogP contribution in [0.4, 0.5) is 11.9 Å². The van der Waals surface area contributed by atoms with E-state index in [1.165, 1.54) is 0 Å². The Morgan fingerprint density at radius 1 is 1.25 bits per heavy atom. The Balaban J connectivity index is 1.90. The van der Waals surface area contributed by atoms with Crippen molar-refractivity contribution in [2.24, 2.45) is 0 Å². The van der Waals surface area contributed by atoms with Crippen molar-refractivity contribution in [3.05, 3.63) is 5.28 Å². The third-order valence-corrected chi connectivity index (χ3v) is 3.12. The van der Waals surface area contributed by atoms with E-state index in [1.54, 1.807) is 0 Å². The number of hydrogen-bond acceptors (Lipinski definition) is 7. The Labute approximate surface area is 124 Å². The molecular formula is C12H21ClN6O. The van der Waals surface area contributed by atoms with Crippen molar-refractivity contribution >= 4 is 23.5 Å². The summed E-state index contributed by atoms with van der Waals surface area (Å²) in [4.78, 5) is 14.8. The Kier molecular flexibility index (Phi) is 5.75. The predicted octanol–water partition coefficient (Wildman–Crippen LogP) is 1.09. The molecule has 0 aliphatic carbocycles. The van der Waals surface area contributed by atoms with Crippen LogP contribution in [0.25, 0.3) is 0 Å². The molecule has 0 radical (unpaired) electrons. The highest BCUT2D eigenvalue weighted by Crippen LogP contribution is 2.11. The third-order valence-electron chi connectivity index (χ3n) is 2.95. The quantitative estimate of drug-likeness (QED) is 0.814. The van der Waals surface area contributed by atoms with E-state index in [4.69, 9.17) is 16.3 Å². The Morgan fingerprint density at radius 3 is 2.65 bits per heavy atom. The van der Waals surface area contributed by atoms with Gasteiger partial charge in [-0.1, -0.05) is 0 Å². The smallest absolute Gasteiger partial charge is 0.229 e. The molecule has 0 spiro atoms. The van der Waals surface area contributed by atoms with E-state index in [0.717, 1.165) is 39.4 Å². The van der Waals surface area contributed by atoms with Crippen LogP contribution in [-0.2, 0) is 4.74 Å². The van der Waals surface area contributed by atoms with E-state index in [1.807, 2.05) is 6.92 Å². The Bertz CT molecular complexity index is 426. The fraction of sp³-hybridized carbons (Fsp3) is 0.750. The van der Waals surface area contributed by atoms with Gasteiger partial charge in [0.15, 0.2) is 0 Å². The summed E-state index contributed by atoms with van der Waals surface area (Å²) in [5.41, 5.74) is 0. The van der Waals surface area contributed by atoms with Crippen LogP contribution in [0, 0.1) is 0 Å². The highest BCUT2D eigenvalue weighted by Gasteiger charge is 2.14. The molecule has 20 heavy (non-hydrogen) atoms. The maximum absolute atomic E-state index is 5.89. The van der Waals surface area contributed by atoms with Gasteiger partial charge in [0.05, 0.1) is 13.2 Å². The lowest BCUT2D eigenvalue weighted by molar-refractivity contribution is 0.0368. The van der Waals surface area contributed by atoms with E-state index < -0.39 is 0 Å². The van der Waals surface area contributed by atoms with E-state index in [0.29, 0.717) is 11.9 Å². The summed E-state index contributed by atoms with van der Waals surface area (Å²) in [5, 5.41) is 6.48. The lowest BCUT2D eigenvalue weighted by atomic mass is 10.3. The van der Waals surface area contributed by atoms with Crippen LogP contribution in [0.1, 0.15) is 13.8 Å². The average Bonchev–Trinajstić information content (AvgIpc) is 2.39. The van der Waals surface area contributed by atoms with Crippen molar-refractivity contribution in [2.45, 2.75) is 19.9 Å². The number of aromatic nitrogens is 3. The van der Waals surface area contributed by atoms with Gasteiger partial charge in [-0.15, -0.1) is 0 Å². The van der Waals surface area contributed by atoms with Crippen molar-refractivity contribution in [2.75, 3.05) is 50.0 Å². The summed E-state index contributed by atoms with van der Waals surface area (Å²) < 4.78 is 5.34. The number of hydrogen-bond donors (Lipinski definition) is 2. The molecule has 2 N–H and O–H groups in total. The van der Waals surface area contributed by atoms with Crippen molar-refractivity contribution in [1.29, 1.82) is 0 Å². The van der Waals surface area contributed by atoms with Crippen molar-refractivity contribution in [1.82, 2.24) is 19.9 Å². The molecular weight excluding hydrogens is 280 g/mol. The zero-order valence-electron chi connectivity index (χ0n) is 11.9. The number of anilines is 2.